The van der Waals surface area contributed by atoms with Crippen LogP contribution in [-0.4, -0.2) is 14.9 Å². The van der Waals surface area contributed by atoms with E-state index in [1.54, 1.807) is 0 Å². The standard InChI is InChI=1S/C12H10F4N2O/c1-7(19)8-2-3-11(10(13)4-8)18-6-9(5-17-18)12(14,15)16/h2-7,19H,1H3/t7-/m0/s1. The highest BCUT2D eigenvalue weighted by Crippen LogP contribution is 2.29. The van der Waals surface area contributed by atoms with Crippen LogP contribution in [-0.2, 0) is 6.18 Å². The number of rotatable bonds is 2. The lowest BCUT2D eigenvalue weighted by Crippen LogP contribution is -2.04. The molecule has 0 fully saturated rings. The van der Waals surface area contributed by atoms with Crippen molar-refractivity contribution >= 4 is 0 Å². The van der Waals surface area contributed by atoms with Crippen LogP contribution in [0.15, 0.2) is 30.6 Å². The van der Waals surface area contributed by atoms with Crippen LogP contribution in [0.3, 0.4) is 0 Å². The number of hydrogen-bond acceptors (Lipinski definition) is 2. The van der Waals surface area contributed by atoms with E-state index in [2.05, 4.69) is 5.10 Å². The van der Waals surface area contributed by atoms with E-state index in [0.717, 1.165) is 10.7 Å². The molecule has 0 aliphatic heterocycles. The third-order valence-corrected chi connectivity index (χ3v) is 2.61. The molecule has 19 heavy (non-hydrogen) atoms. The van der Waals surface area contributed by atoms with Crippen molar-refractivity contribution in [3.05, 3.63) is 47.5 Å². The van der Waals surface area contributed by atoms with Gasteiger partial charge in [0.15, 0.2) is 0 Å². The Labute approximate surface area is 106 Å². The van der Waals surface area contributed by atoms with Crippen molar-refractivity contribution < 1.29 is 22.7 Å². The summed E-state index contributed by atoms with van der Waals surface area (Å²) in [4.78, 5) is 0. The molecule has 0 radical (unpaired) electrons. The van der Waals surface area contributed by atoms with Crippen molar-refractivity contribution in [1.29, 1.82) is 0 Å². The highest BCUT2D eigenvalue weighted by atomic mass is 19.4. The molecule has 102 valence electrons. The van der Waals surface area contributed by atoms with Gasteiger partial charge in [0.2, 0.25) is 0 Å². The minimum Gasteiger partial charge on any atom is -0.389 e. The molecule has 3 nitrogen and oxygen atoms in total. The molecule has 0 aliphatic rings. The highest BCUT2D eigenvalue weighted by molar-refractivity contribution is 5.37. The predicted octanol–water partition coefficient (Wildman–Crippen LogP) is 3.08. The Morgan fingerprint density at radius 1 is 1.32 bits per heavy atom. The van der Waals surface area contributed by atoms with E-state index < -0.39 is 23.7 Å². The van der Waals surface area contributed by atoms with Gasteiger partial charge in [-0.15, -0.1) is 0 Å². The number of hydrogen-bond donors (Lipinski definition) is 1. The molecule has 0 amide bonds. The molecular formula is C12H10F4N2O. The Morgan fingerprint density at radius 2 is 2.00 bits per heavy atom. The van der Waals surface area contributed by atoms with E-state index in [1.165, 1.54) is 19.1 Å². The maximum Gasteiger partial charge on any atom is 0.419 e. The second-order valence-electron chi connectivity index (χ2n) is 4.06. The first-order valence-corrected chi connectivity index (χ1v) is 5.39. The van der Waals surface area contributed by atoms with Crippen LogP contribution in [0.2, 0.25) is 0 Å². The summed E-state index contributed by atoms with van der Waals surface area (Å²) in [6, 6.07) is 3.76. The van der Waals surface area contributed by atoms with E-state index in [-0.39, 0.29) is 5.69 Å². The van der Waals surface area contributed by atoms with Gasteiger partial charge in [-0.1, -0.05) is 6.07 Å². The minimum absolute atomic E-state index is 0.111. The van der Waals surface area contributed by atoms with Gasteiger partial charge in [0.1, 0.15) is 11.5 Å². The fourth-order valence-corrected chi connectivity index (χ4v) is 1.57. The van der Waals surface area contributed by atoms with Gasteiger partial charge in [0.05, 0.1) is 17.9 Å². The third-order valence-electron chi connectivity index (χ3n) is 2.61. The van der Waals surface area contributed by atoms with E-state index >= 15 is 0 Å². The molecule has 0 unspecified atom stereocenters. The molecule has 2 aromatic rings. The summed E-state index contributed by atoms with van der Waals surface area (Å²) in [6.07, 6.45) is -4.04. The largest absolute Gasteiger partial charge is 0.419 e. The predicted molar refractivity (Wildman–Crippen MR) is 59.2 cm³/mol. The molecule has 1 aromatic carbocycles. The number of aliphatic hydroxyl groups excluding tert-OH is 1. The zero-order valence-electron chi connectivity index (χ0n) is 9.82. The van der Waals surface area contributed by atoms with E-state index in [4.69, 9.17) is 0 Å². The Kier molecular flexibility index (Phi) is 3.32. The van der Waals surface area contributed by atoms with E-state index in [1.807, 2.05) is 0 Å². The van der Waals surface area contributed by atoms with Crippen LogP contribution in [0, 0.1) is 5.82 Å². The molecule has 1 atom stereocenters. The van der Waals surface area contributed by atoms with Crippen LogP contribution >= 0.6 is 0 Å². The van der Waals surface area contributed by atoms with Gasteiger partial charge in [0, 0.05) is 6.20 Å². The van der Waals surface area contributed by atoms with Crippen molar-refractivity contribution in [2.24, 2.45) is 0 Å². The quantitative estimate of drug-likeness (QED) is 0.855. The normalized spacial score (nSPS) is 13.6. The minimum atomic E-state index is -4.52. The molecule has 1 N–H and O–H groups in total. The average Bonchev–Trinajstić information content (AvgIpc) is 2.77. The Bertz CT molecular complexity index is 590. The van der Waals surface area contributed by atoms with Crippen LogP contribution in [0.4, 0.5) is 17.6 Å². The van der Waals surface area contributed by atoms with Gasteiger partial charge in [-0.3, -0.25) is 0 Å². The van der Waals surface area contributed by atoms with Gasteiger partial charge in [-0.2, -0.15) is 18.3 Å². The van der Waals surface area contributed by atoms with Crippen LogP contribution in [0.25, 0.3) is 5.69 Å². The summed E-state index contributed by atoms with van der Waals surface area (Å²) in [5.41, 5.74) is -0.726. The molecule has 1 heterocycles. The van der Waals surface area contributed by atoms with Crippen molar-refractivity contribution in [3.63, 3.8) is 0 Å². The van der Waals surface area contributed by atoms with Crippen LogP contribution in [0.1, 0.15) is 24.2 Å². The van der Waals surface area contributed by atoms with Gasteiger partial charge in [0.25, 0.3) is 0 Å². The maximum atomic E-state index is 13.7. The number of alkyl halides is 3. The van der Waals surface area contributed by atoms with Crippen molar-refractivity contribution in [1.82, 2.24) is 9.78 Å². The summed E-state index contributed by atoms with van der Waals surface area (Å²) in [5.74, 6) is -0.754. The Morgan fingerprint density at radius 3 is 2.47 bits per heavy atom. The second kappa shape index (κ2) is 4.65. The fraction of sp³-hybridized carbons (Fsp3) is 0.250. The first kappa shape index (κ1) is 13.5. The van der Waals surface area contributed by atoms with Crippen molar-refractivity contribution in [2.75, 3.05) is 0 Å². The fourth-order valence-electron chi connectivity index (χ4n) is 1.57. The first-order chi connectivity index (χ1) is 8.79. The van der Waals surface area contributed by atoms with Gasteiger partial charge >= 0.3 is 6.18 Å². The lowest BCUT2D eigenvalue weighted by molar-refractivity contribution is -0.137. The molecule has 0 bridgehead atoms. The third kappa shape index (κ3) is 2.76. The van der Waals surface area contributed by atoms with Crippen LogP contribution < -0.4 is 0 Å². The lowest BCUT2D eigenvalue weighted by Gasteiger charge is -2.08. The topological polar surface area (TPSA) is 38.0 Å². The first-order valence-electron chi connectivity index (χ1n) is 5.39. The summed E-state index contributed by atoms with van der Waals surface area (Å²) in [6.45, 7) is 1.46. The molecule has 0 aliphatic carbocycles. The molecule has 2 rings (SSSR count). The summed E-state index contributed by atoms with van der Waals surface area (Å²) in [7, 11) is 0. The van der Waals surface area contributed by atoms with Gasteiger partial charge in [-0.25, -0.2) is 9.07 Å². The number of nitrogens with zero attached hydrogens (tertiary/aromatic N) is 2. The molecule has 0 spiro atoms. The Hall–Kier alpha value is -1.89. The van der Waals surface area contributed by atoms with Gasteiger partial charge in [-0.05, 0) is 24.6 Å². The molecule has 7 heteroatoms. The average molecular weight is 274 g/mol. The monoisotopic (exact) mass is 274 g/mol. The summed E-state index contributed by atoms with van der Waals surface area (Å²) in [5, 5.41) is 12.8. The SMILES string of the molecule is C[C@H](O)c1ccc(-n2cc(C(F)(F)F)cn2)c(F)c1. The molecule has 1 aromatic heterocycles. The number of benzene rings is 1. The zero-order valence-corrected chi connectivity index (χ0v) is 9.82. The smallest absolute Gasteiger partial charge is 0.389 e. The van der Waals surface area contributed by atoms with E-state index in [9.17, 15) is 22.7 Å². The highest BCUT2D eigenvalue weighted by Gasteiger charge is 2.32. The van der Waals surface area contributed by atoms with Gasteiger partial charge < -0.3 is 5.11 Å². The summed E-state index contributed by atoms with van der Waals surface area (Å²) < 4.78 is 51.8. The maximum absolute atomic E-state index is 13.7. The molecule has 0 saturated heterocycles. The number of halogens is 4. The summed E-state index contributed by atoms with van der Waals surface area (Å²) >= 11 is 0. The van der Waals surface area contributed by atoms with Crippen molar-refractivity contribution in [3.8, 4) is 5.69 Å². The number of aliphatic hydroxyl groups is 1. The van der Waals surface area contributed by atoms with Crippen LogP contribution in [0.5, 0.6) is 0 Å². The Balaban J connectivity index is 2.40. The molecular weight excluding hydrogens is 264 g/mol. The molecule has 0 saturated carbocycles. The number of aromatic nitrogens is 2. The van der Waals surface area contributed by atoms with Crippen molar-refractivity contribution in [2.45, 2.75) is 19.2 Å². The van der Waals surface area contributed by atoms with E-state index in [0.29, 0.717) is 18.0 Å². The second-order valence-corrected chi connectivity index (χ2v) is 4.06. The lowest BCUT2D eigenvalue weighted by atomic mass is 10.1. The zero-order chi connectivity index (χ0) is 14.2.